The molecule has 1 saturated heterocycles. The molecule has 1 unspecified atom stereocenters. The van der Waals surface area contributed by atoms with Crippen molar-refractivity contribution in [3.05, 3.63) is 35.4 Å². The van der Waals surface area contributed by atoms with Gasteiger partial charge in [0, 0.05) is 26.7 Å². The van der Waals surface area contributed by atoms with Gasteiger partial charge in [-0.05, 0) is 43.4 Å². The van der Waals surface area contributed by atoms with E-state index in [0.717, 1.165) is 32.0 Å². The minimum atomic E-state index is -4.31. The summed E-state index contributed by atoms with van der Waals surface area (Å²) in [4.78, 5) is 15.2. The van der Waals surface area contributed by atoms with E-state index >= 15 is 0 Å². The lowest BCUT2D eigenvalue weighted by molar-refractivity contribution is -0.137. The standard InChI is InChI=1S/C18H25F3N2O2/c1-22(17(25)13-24)11-15-5-3-8-23(12-15)9-7-14-4-2-6-16(10-14)18(19,20)21/h2,4,6,10,15,24H,3,5,7-9,11-13H2,1H3. The molecule has 0 bridgehead atoms. The molecular weight excluding hydrogens is 333 g/mol. The van der Waals surface area contributed by atoms with Crippen LogP contribution >= 0.6 is 0 Å². The van der Waals surface area contributed by atoms with Crippen LogP contribution in [0.3, 0.4) is 0 Å². The highest BCUT2D eigenvalue weighted by atomic mass is 19.4. The van der Waals surface area contributed by atoms with Gasteiger partial charge in [-0.25, -0.2) is 0 Å². The minimum absolute atomic E-state index is 0.291. The second-order valence-electron chi connectivity index (χ2n) is 6.69. The molecule has 140 valence electrons. The van der Waals surface area contributed by atoms with Gasteiger partial charge >= 0.3 is 6.18 Å². The molecule has 0 aromatic heterocycles. The van der Waals surface area contributed by atoms with Gasteiger partial charge in [0.1, 0.15) is 6.61 Å². The van der Waals surface area contributed by atoms with Crippen LogP contribution in [0.2, 0.25) is 0 Å². The highest BCUT2D eigenvalue weighted by Gasteiger charge is 2.30. The molecule has 1 atom stereocenters. The molecule has 7 heteroatoms. The van der Waals surface area contributed by atoms with Crippen LogP contribution in [0, 0.1) is 5.92 Å². The summed E-state index contributed by atoms with van der Waals surface area (Å²) in [7, 11) is 1.68. The van der Waals surface area contributed by atoms with Gasteiger partial charge < -0.3 is 14.9 Å². The first-order valence-electron chi connectivity index (χ1n) is 8.53. The summed E-state index contributed by atoms with van der Waals surface area (Å²) >= 11 is 0. The number of halogens is 3. The number of likely N-dealkylation sites (N-methyl/N-ethyl adjacent to an activating group) is 1. The number of carbonyl (C=O) groups excluding carboxylic acids is 1. The molecule has 4 nitrogen and oxygen atoms in total. The lowest BCUT2D eigenvalue weighted by atomic mass is 9.97. The highest BCUT2D eigenvalue weighted by Crippen LogP contribution is 2.29. The molecule has 1 aliphatic rings. The predicted molar refractivity (Wildman–Crippen MR) is 89.0 cm³/mol. The number of alkyl halides is 3. The number of aliphatic hydroxyl groups is 1. The van der Waals surface area contributed by atoms with Crippen molar-refractivity contribution in [2.45, 2.75) is 25.4 Å². The van der Waals surface area contributed by atoms with Crippen LogP contribution in [0.5, 0.6) is 0 Å². The first kappa shape index (κ1) is 19.7. The van der Waals surface area contributed by atoms with Gasteiger partial charge in [-0.2, -0.15) is 13.2 Å². The molecule has 25 heavy (non-hydrogen) atoms. The zero-order valence-corrected chi connectivity index (χ0v) is 14.4. The minimum Gasteiger partial charge on any atom is -0.387 e. The molecule has 1 amide bonds. The quantitative estimate of drug-likeness (QED) is 0.849. The van der Waals surface area contributed by atoms with Gasteiger partial charge in [-0.3, -0.25) is 4.79 Å². The van der Waals surface area contributed by atoms with Gasteiger partial charge in [0.25, 0.3) is 0 Å². The Morgan fingerprint density at radius 1 is 1.40 bits per heavy atom. The number of hydrogen-bond donors (Lipinski definition) is 1. The van der Waals surface area contributed by atoms with E-state index in [9.17, 15) is 18.0 Å². The summed E-state index contributed by atoms with van der Waals surface area (Å²) in [5.41, 5.74) is 0.0789. The molecule has 0 aliphatic carbocycles. The molecule has 1 N–H and O–H groups in total. The molecule has 0 radical (unpaired) electrons. The van der Waals surface area contributed by atoms with Gasteiger partial charge in [0.2, 0.25) is 5.91 Å². The van der Waals surface area contributed by atoms with Crippen molar-refractivity contribution in [1.82, 2.24) is 9.80 Å². The maximum atomic E-state index is 12.8. The van der Waals surface area contributed by atoms with E-state index in [1.54, 1.807) is 18.0 Å². The van der Waals surface area contributed by atoms with E-state index in [1.165, 1.54) is 12.1 Å². The SMILES string of the molecule is CN(CC1CCCN(CCc2cccc(C(F)(F)F)c2)C1)C(=O)CO. The van der Waals surface area contributed by atoms with Gasteiger partial charge in [0.05, 0.1) is 5.56 Å². The average molecular weight is 358 g/mol. The second kappa shape index (κ2) is 8.67. The Morgan fingerprint density at radius 2 is 2.16 bits per heavy atom. The fourth-order valence-electron chi connectivity index (χ4n) is 3.30. The number of likely N-dealkylation sites (tertiary alicyclic amines) is 1. The van der Waals surface area contributed by atoms with Gasteiger partial charge in [0.15, 0.2) is 0 Å². The highest BCUT2D eigenvalue weighted by molar-refractivity contribution is 5.76. The Hall–Kier alpha value is -1.60. The van der Waals surface area contributed by atoms with Crippen molar-refractivity contribution in [3.8, 4) is 0 Å². The third kappa shape index (κ3) is 6.01. The maximum Gasteiger partial charge on any atom is 0.416 e. The van der Waals surface area contributed by atoms with Crippen molar-refractivity contribution < 1.29 is 23.1 Å². The third-order valence-electron chi connectivity index (χ3n) is 4.67. The Balaban J connectivity index is 1.86. The number of hydrogen-bond acceptors (Lipinski definition) is 3. The molecule has 1 aliphatic heterocycles. The predicted octanol–water partition coefficient (Wildman–Crippen LogP) is 2.41. The molecule has 1 aromatic carbocycles. The van der Waals surface area contributed by atoms with E-state index < -0.39 is 18.3 Å². The van der Waals surface area contributed by atoms with E-state index in [2.05, 4.69) is 4.90 Å². The molecule has 0 saturated carbocycles. The summed E-state index contributed by atoms with van der Waals surface area (Å²) in [6, 6.07) is 5.49. The lowest BCUT2D eigenvalue weighted by Crippen LogP contribution is -2.42. The monoisotopic (exact) mass is 358 g/mol. The van der Waals surface area contributed by atoms with Crippen LogP contribution in [0.25, 0.3) is 0 Å². The third-order valence-corrected chi connectivity index (χ3v) is 4.67. The van der Waals surface area contributed by atoms with E-state index in [4.69, 9.17) is 5.11 Å². The number of rotatable bonds is 6. The summed E-state index contributed by atoms with van der Waals surface area (Å²) in [5.74, 6) is 0.0387. The normalized spacial score (nSPS) is 19.0. The van der Waals surface area contributed by atoms with Crippen LogP contribution in [0.1, 0.15) is 24.0 Å². The lowest BCUT2D eigenvalue weighted by Gasteiger charge is -2.34. The Kier molecular flexibility index (Phi) is 6.84. The van der Waals surface area contributed by atoms with Crippen LogP contribution in [-0.2, 0) is 17.4 Å². The number of amides is 1. The van der Waals surface area contributed by atoms with Gasteiger partial charge in [-0.1, -0.05) is 18.2 Å². The molecule has 0 spiro atoms. The van der Waals surface area contributed by atoms with E-state index in [-0.39, 0.29) is 5.91 Å². The molecule has 1 aromatic rings. The van der Waals surface area contributed by atoms with Crippen molar-refractivity contribution in [3.63, 3.8) is 0 Å². The molecular formula is C18H25F3N2O2. The van der Waals surface area contributed by atoms with Crippen molar-refractivity contribution in [2.24, 2.45) is 5.92 Å². The zero-order valence-electron chi connectivity index (χ0n) is 14.4. The molecule has 1 heterocycles. The Labute approximate surface area is 146 Å². The fourth-order valence-corrected chi connectivity index (χ4v) is 3.30. The number of nitrogens with zero attached hydrogens (tertiary/aromatic N) is 2. The number of benzene rings is 1. The number of piperidine rings is 1. The topological polar surface area (TPSA) is 43.8 Å². The smallest absolute Gasteiger partial charge is 0.387 e. The van der Waals surface area contributed by atoms with Crippen LogP contribution in [-0.4, -0.2) is 60.6 Å². The van der Waals surface area contributed by atoms with Crippen LogP contribution < -0.4 is 0 Å². The van der Waals surface area contributed by atoms with E-state index in [1.807, 2.05) is 0 Å². The van der Waals surface area contributed by atoms with Crippen LogP contribution in [0.15, 0.2) is 24.3 Å². The van der Waals surface area contributed by atoms with E-state index in [0.29, 0.717) is 31.0 Å². The number of aliphatic hydroxyl groups excluding tert-OH is 1. The Bertz CT molecular complexity index is 578. The number of carbonyl (C=O) groups is 1. The zero-order chi connectivity index (χ0) is 18.4. The summed E-state index contributed by atoms with van der Waals surface area (Å²) in [6.45, 7) is 2.56. The first-order chi connectivity index (χ1) is 11.8. The average Bonchev–Trinajstić information content (AvgIpc) is 2.59. The van der Waals surface area contributed by atoms with Crippen LogP contribution in [0.4, 0.5) is 13.2 Å². The van der Waals surface area contributed by atoms with Crippen molar-refractivity contribution >= 4 is 5.91 Å². The largest absolute Gasteiger partial charge is 0.416 e. The van der Waals surface area contributed by atoms with Gasteiger partial charge in [-0.15, -0.1) is 0 Å². The maximum absolute atomic E-state index is 12.8. The summed E-state index contributed by atoms with van der Waals surface area (Å²) < 4.78 is 38.3. The molecule has 2 rings (SSSR count). The summed E-state index contributed by atoms with van der Waals surface area (Å²) in [6.07, 6.45) is -1.71. The Morgan fingerprint density at radius 3 is 2.84 bits per heavy atom. The summed E-state index contributed by atoms with van der Waals surface area (Å²) in [5, 5.41) is 8.89. The second-order valence-corrected chi connectivity index (χ2v) is 6.69. The molecule has 1 fully saturated rings. The van der Waals surface area contributed by atoms with Crippen molar-refractivity contribution in [2.75, 3.05) is 39.8 Å². The van der Waals surface area contributed by atoms with Crippen molar-refractivity contribution in [1.29, 1.82) is 0 Å². The fraction of sp³-hybridized carbons (Fsp3) is 0.611. The first-order valence-corrected chi connectivity index (χ1v) is 8.53.